The lowest BCUT2D eigenvalue weighted by molar-refractivity contribution is -0.143. The number of para-hydroxylation sites is 1. The molecule has 10 heteroatoms. The Balaban J connectivity index is 1.72. The molecule has 0 spiro atoms. The van der Waals surface area contributed by atoms with Crippen molar-refractivity contribution in [3.05, 3.63) is 87.7 Å². The van der Waals surface area contributed by atoms with Crippen LogP contribution in [0.25, 0.3) is 16.6 Å². The molecule has 1 amide bonds. The number of alkyl halides is 3. The number of aromatic amines is 1. The number of aromatic nitrogens is 4. The Labute approximate surface area is 186 Å². The maximum atomic E-state index is 14.0. The van der Waals surface area contributed by atoms with Gasteiger partial charge in [-0.25, -0.2) is 9.67 Å². The van der Waals surface area contributed by atoms with E-state index in [2.05, 4.69) is 15.1 Å². The van der Waals surface area contributed by atoms with Gasteiger partial charge < -0.3 is 9.88 Å². The normalized spacial score (nSPS) is 11.7. The smallest absolute Gasteiger partial charge is 0.331 e. The number of fused-ring (bicyclic) bond motifs is 1. The zero-order valence-corrected chi connectivity index (χ0v) is 17.8. The summed E-state index contributed by atoms with van der Waals surface area (Å²) in [6, 6.07) is 13.0. The number of nitrogens with one attached hydrogen (secondary N) is 1. The molecule has 2 aromatic carbocycles. The zero-order chi connectivity index (χ0) is 23.8. The number of amides is 1. The van der Waals surface area contributed by atoms with Crippen LogP contribution in [0.15, 0.2) is 59.5 Å². The summed E-state index contributed by atoms with van der Waals surface area (Å²) >= 11 is 0. The molecule has 2 heterocycles. The fourth-order valence-electron chi connectivity index (χ4n) is 3.55. The number of hydrogen-bond donors (Lipinski definition) is 1. The van der Waals surface area contributed by atoms with Crippen LogP contribution in [0.1, 0.15) is 34.4 Å². The molecule has 0 aliphatic heterocycles. The van der Waals surface area contributed by atoms with Crippen molar-refractivity contribution >= 4 is 16.8 Å². The maximum absolute atomic E-state index is 14.0. The zero-order valence-electron chi connectivity index (χ0n) is 17.8. The van der Waals surface area contributed by atoms with Gasteiger partial charge in [-0.05, 0) is 38.1 Å². The minimum atomic E-state index is -4.82. The van der Waals surface area contributed by atoms with Crippen LogP contribution in [-0.2, 0) is 12.7 Å². The quantitative estimate of drug-likeness (QED) is 0.491. The maximum Gasteiger partial charge on any atom is 0.434 e. The molecular weight excluding hydrogens is 435 g/mol. The molecule has 1 N–H and O–H groups in total. The van der Waals surface area contributed by atoms with Crippen LogP contribution in [-0.4, -0.2) is 37.1 Å². The van der Waals surface area contributed by atoms with Crippen molar-refractivity contribution in [3.63, 3.8) is 0 Å². The minimum absolute atomic E-state index is 0.0996. The second-order valence-corrected chi connectivity index (χ2v) is 7.50. The van der Waals surface area contributed by atoms with Gasteiger partial charge in [0.15, 0.2) is 5.69 Å². The van der Waals surface area contributed by atoms with Gasteiger partial charge in [-0.2, -0.15) is 18.3 Å². The van der Waals surface area contributed by atoms with Gasteiger partial charge in [0.25, 0.3) is 11.5 Å². The van der Waals surface area contributed by atoms with Crippen molar-refractivity contribution in [3.8, 4) is 5.69 Å². The molecule has 4 aromatic rings. The van der Waals surface area contributed by atoms with Crippen LogP contribution in [0.5, 0.6) is 0 Å². The monoisotopic (exact) mass is 455 g/mol. The van der Waals surface area contributed by atoms with Crippen molar-refractivity contribution < 1.29 is 18.0 Å². The summed E-state index contributed by atoms with van der Waals surface area (Å²) in [4.78, 5) is 33.6. The fraction of sp³-hybridized carbons (Fsp3) is 0.217. The van der Waals surface area contributed by atoms with Gasteiger partial charge in [0, 0.05) is 6.54 Å². The van der Waals surface area contributed by atoms with E-state index in [9.17, 15) is 22.8 Å². The lowest BCUT2D eigenvalue weighted by Crippen LogP contribution is -2.33. The van der Waals surface area contributed by atoms with Crippen molar-refractivity contribution in [2.75, 3.05) is 6.54 Å². The molecule has 2 aromatic heterocycles. The number of carbonyl (C=O) groups is 1. The summed E-state index contributed by atoms with van der Waals surface area (Å²) < 4.78 is 42.7. The lowest BCUT2D eigenvalue weighted by atomic mass is 10.2. The second-order valence-electron chi connectivity index (χ2n) is 7.50. The van der Waals surface area contributed by atoms with Crippen LogP contribution < -0.4 is 5.56 Å². The second kappa shape index (κ2) is 8.53. The Kier molecular flexibility index (Phi) is 5.75. The summed E-state index contributed by atoms with van der Waals surface area (Å²) in [5, 5.41) is 4.24. The van der Waals surface area contributed by atoms with Crippen molar-refractivity contribution in [1.82, 2.24) is 24.6 Å². The number of aryl methyl sites for hydroxylation is 1. The first-order valence-electron chi connectivity index (χ1n) is 10.2. The molecule has 0 aliphatic carbocycles. The van der Waals surface area contributed by atoms with E-state index in [-0.39, 0.29) is 30.2 Å². The molecule has 0 radical (unpaired) electrons. The van der Waals surface area contributed by atoms with Crippen LogP contribution >= 0.6 is 0 Å². The highest BCUT2D eigenvalue weighted by atomic mass is 19.4. The highest BCUT2D eigenvalue weighted by Crippen LogP contribution is 2.34. The van der Waals surface area contributed by atoms with E-state index in [1.807, 2.05) is 6.92 Å². The summed E-state index contributed by atoms with van der Waals surface area (Å²) in [5.41, 5.74) is -0.617. The van der Waals surface area contributed by atoms with E-state index in [0.717, 1.165) is 16.4 Å². The molecule has 0 fully saturated rings. The first kappa shape index (κ1) is 22.3. The SMILES string of the molecule is CCN(Cc1nc2ccccc2c(=O)[nH]1)C(=O)c1cnn(-c2ccc(C)cc2)c1C(F)(F)F. The third-order valence-corrected chi connectivity index (χ3v) is 5.22. The number of benzene rings is 2. The van der Waals surface area contributed by atoms with Gasteiger partial charge >= 0.3 is 6.18 Å². The van der Waals surface area contributed by atoms with E-state index in [0.29, 0.717) is 10.9 Å². The van der Waals surface area contributed by atoms with E-state index in [4.69, 9.17) is 0 Å². The Bertz CT molecular complexity index is 1370. The van der Waals surface area contributed by atoms with E-state index in [1.165, 1.54) is 17.0 Å². The van der Waals surface area contributed by atoms with E-state index < -0.39 is 23.3 Å². The summed E-state index contributed by atoms with van der Waals surface area (Å²) in [7, 11) is 0. The first-order chi connectivity index (χ1) is 15.7. The average molecular weight is 455 g/mol. The molecule has 0 atom stereocenters. The van der Waals surface area contributed by atoms with Gasteiger partial charge in [0.05, 0.1) is 34.9 Å². The molecule has 33 heavy (non-hydrogen) atoms. The van der Waals surface area contributed by atoms with Crippen LogP contribution in [0.4, 0.5) is 13.2 Å². The standard InChI is InChI=1S/C23H20F3N5O2/c1-3-30(13-19-28-18-7-5-4-6-16(18)21(32)29-19)22(33)17-12-27-31(20(17)23(24,25)26)15-10-8-14(2)9-11-15/h4-12H,3,13H2,1-2H3,(H,28,29,32). The number of rotatable bonds is 5. The molecule has 0 aliphatic rings. The molecule has 0 saturated heterocycles. The third kappa shape index (κ3) is 4.36. The molecule has 0 bridgehead atoms. The summed E-state index contributed by atoms with van der Waals surface area (Å²) in [6.45, 7) is 3.39. The number of halogens is 3. The number of hydrogen-bond acceptors (Lipinski definition) is 4. The van der Waals surface area contributed by atoms with Gasteiger partial charge in [-0.1, -0.05) is 29.8 Å². The van der Waals surface area contributed by atoms with Crippen LogP contribution in [0.3, 0.4) is 0 Å². The highest BCUT2D eigenvalue weighted by Gasteiger charge is 2.41. The van der Waals surface area contributed by atoms with E-state index in [1.54, 1.807) is 43.3 Å². The highest BCUT2D eigenvalue weighted by molar-refractivity contribution is 5.95. The Morgan fingerprint density at radius 2 is 1.82 bits per heavy atom. The molecule has 170 valence electrons. The Morgan fingerprint density at radius 1 is 1.12 bits per heavy atom. The molecular formula is C23H20F3N5O2. The molecule has 4 rings (SSSR count). The Hall–Kier alpha value is -3.95. The third-order valence-electron chi connectivity index (χ3n) is 5.22. The van der Waals surface area contributed by atoms with Gasteiger partial charge in [-0.3, -0.25) is 9.59 Å². The predicted octanol–water partition coefficient (Wildman–Crippen LogP) is 4.10. The van der Waals surface area contributed by atoms with Crippen LogP contribution in [0, 0.1) is 6.92 Å². The number of nitrogens with zero attached hydrogens (tertiary/aromatic N) is 4. The van der Waals surface area contributed by atoms with Crippen molar-refractivity contribution in [2.24, 2.45) is 0 Å². The largest absolute Gasteiger partial charge is 0.434 e. The first-order valence-corrected chi connectivity index (χ1v) is 10.2. The molecule has 0 unspecified atom stereocenters. The van der Waals surface area contributed by atoms with Crippen molar-refractivity contribution in [1.29, 1.82) is 0 Å². The van der Waals surface area contributed by atoms with E-state index >= 15 is 0 Å². The van der Waals surface area contributed by atoms with Gasteiger partial charge in [0.2, 0.25) is 0 Å². The fourth-order valence-corrected chi connectivity index (χ4v) is 3.55. The average Bonchev–Trinajstić information content (AvgIpc) is 3.23. The lowest BCUT2D eigenvalue weighted by Gasteiger charge is -2.21. The molecule has 0 saturated carbocycles. The number of H-pyrrole nitrogens is 1. The predicted molar refractivity (Wildman–Crippen MR) is 116 cm³/mol. The van der Waals surface area contributed by atoms with Gasteiger partial charge in [0.1, 0.15) is 5.82 Å². The number of carbonyl (C=O) groups excluding carboxylic acids is 1. The molecule has 7 nitrogen and oxygen atoms in total. The summed E-state index contributed by atoms with van der Waals surface area (Å²) in [6.07, 6.45) is -3.90. The van der Waals surface area contributed by atoms with Crippen molar-refractivity contribution in [2.45, 2.75) is 26.6 Å². The Morgan fingerprint density at radius 3 is 2.48 bits per heavy atom. The summed E-state index contributed by atoms with van der Waals surface area (Å²) in [5.74, 6) is -0.688. The van der Waals surface area contributed by atoms with Crippen LogP contribution in [0.2, 0.25) is 0 Å². The minimum Gasteiger partial charge on any atom is -0.331 e. The topological polar surface area (TPSA) is 83.9 Å². The van der Waals surface area contributed by atoms with Gasteiger partial charge in [-0.15, -0.1) is 0 Å².